The van der Waals surface area contributed by atoms with Crippen molar-refractivity contribution < 1.29 is 25.8 Å². The molecule has 66 valence electrons. The Labute approximate surface area is 61.6 Å². The summed E-state index contributed by atoms with van der Waals surface area (Å²) in [5.41, 5.74) is 0. The van der Waals surface area contributed by atoms with E-state index in [4.69, 9.17) is 0 Å². The molecule has 0 saturated carbocycles. The van der Waals surface area contributed by atoms with Crippen LogP contribution < -0.4 is 0 Å². The lowest BCUT2D eigenvalue weighted by Gasteiger charge is -1.98. The summed E-state index contributed by atoms with van der Waals surface area (Å²) in [4.78, 5) is 0. The van der Waals surface area contributed by atoms with E-state index >= 15 is 0 Å². The summed E-state index contributed by atoms with van der Waals surface area (Å²) >= 11 is 0. The first-order chi connectivity index (χ1) is 4.89. The van der Waals surface area contributed by atoms with Gasteiger partial charge in [0.2, 0.25) is 0 Å². The molecule has 0 aliphatic carbocycles. The monoisotopic (exact) mass is 190 g/mol. The zero-order chi connectivity index (χ0) is 9.07. The summed E-state index contributed by atoms with van der Waals surface area (Å²) < 4.78 is 58.0. The van der Waals surface area contributed by atoms with E-state index in [1.807, 2.05) is 0 Å². The lowest BCUT2D eigenvalue weighted by atomic mass is 11.0. The van der Waals surface area contributed by atoms with Crippen molar-refractivity contribution in [1.82, 2.24) is 0 Å². The topological polar surface area (TPSA) is 43.4 Å². The maximum absolute atomic E-state index is 11.7. The molecule has 0 fully saturated rings. The second-order valence-electron chi connectivity index (χ2n) is 1.46. The highest BCUT2D eigenvalue weighted by atomic mass is 32.2. The van der Waals surface area contributed by atoms with Gasteiger partial charge in [-0.2, -0.15) is 21.6 Å². The molecular weight excluding hydrogens is 185 g/mol. The highest BCUT2D eigenvalue weighted by Gasteiger charge is 2.15. The molecule has 0 radical (unpaired) electrons. The van der Waals surface area contributed by atoms with Crippen LogP contribution in [0.1, 0.15) is 6.92 Å². The van der Waals surface area contributed by atoms with Gasteiger partial charge in [0.1, 0.15) is 0 Å². The fraction of sp³-hybridized carbons (Fsp3) is 0.500. The van der Waals surface area contributed by atoms with Gasteiger partial charge in [-0.1, -0.05) is 0 Å². The average Bonchev–Trinajstić information content (AvgIpc) is 1.87. The first-order valence-electron chi connectivity index (χ1n) is 2.52. The summed E-state index contributed by atoms with van der Waals surface area (Å²) in [6, 6.07) is -2.37. The van der Waals surface area contributed by atoms with Crippen LogP contribution in [-0.2, 0) is 14.3 Å². The molecule has 0 bridgehead atoms. The molecule has 0 spiro atoms. The first kappa shape index (κ1) is 10.3. The Bertz CT molecular complexity index is 252. The molecule has 0 aromatic carbocycles. The molecule has 0 rings (SSSR count). The summed E-state index contributed by atoms with van der Waals surface area (Å²) in [5.74, 6) is -0.562. The Morgan fingerprint density at radius 2 is 1.82 bits per heavy atom. The van der Waals surface area contributed by atoms with Gasteiger partial charge in [0, 0.05) is 0 Å². The quantitative estimate of drug-likeness (QED) is 0.499. The van der Waals surface area contributed by atoms with Crippen molar-refractivity contribution in [2.75, 3.05) is 5.75 Å². The van der Waals surface area contributed by atoms with Crippen LogP contribution in [0.5, 0.6) is 0 Å². The highest BCUT2D eigenvalue weighted by molar-refractivity contribution is 7.86. The second kappa shape index (κ2) is 3.61. The van der Waals surface area contributed by atoms with E-state index in [1.165, 1.54) is 0 Å². The maximum atomic E-state index is 11.7. The lowest BCUT2D eigenvalue weighted by molar-refractivity contribution is 0.245. The van der Waals surface area contributed by atoms with Crippen molar-refractivity contribution in [2.45, 2.75) is 6.92 Å². The minimum absolute atomic E-state index is 0.562. The van der Waals surface area contributed by atoms with E-state index in [9.17, 15) is 21.6 Å². The van der Waals surface area contributed by atoms with Gasteiger partial charge >= 0.3 is 22.2 Å². The van der Waals surface area contributed by atoms with Crippen LogP contribution in [0.25, 0.3) is 0 Å². The Balaban J connectivity index is 4.42. The van der Waals surface area contributed by atoms with Gasteiger partial charge in [-0.25, -0.2) is 0 Å². The summed E-state index contributed by atoms with van der Waals surface area (Å²) in [6.45, 7) is 1.14. The number of hydrogen-bond donors (Lipinski definition) is 0. The molecule has 0 aromatic heterocycles. The molecule has 0 aliphatic rings. The molecule has 0 N–H and O–H groups in total. The molecule has 0 heterocycles. The van der Waals surface area contributed by atoms with Crippen LogP contribution in [0.4, 0.5) is 13.2 Å². The zero-order valence-electron chi connectivity index (χ0n) is 5.47. The average molecular weight is 190 g/mol. The highest BCUT2D eigenvalue weighted by Crippen LogP contribution is 2.13. The number of rotatable bonds is 3. The second-order valence-corrected chi connectivity index (χ2v) is 3.32. The normalized spacial score (nSPS) is 10.9. The lowest BCUT2D eigenvalue weighted by Crippen LogP contribution is -2.06. The Hall–Kier alpha value is -0.720. The minimum Gasteiger partial charge on any atom is -0.346 e. The smallest absolute Gasteiger partial charge is 0.346 e. The van der Waals surface area contributed by atoms with Crippen molar-refractivity contribution in [2.24, 2.45) is 0 Å². The van der Waals surface area contributed by atoms with Gasteiger partial charge in [0.05, 0.1) is 5.75 Å². The van der Waals surface area contributed by atoms with E-state index in [2.05, 4.69) is 4.18 Å². The molecule has 0 amide bonds. The maximum Gasteiger partial charge on any atom is 0.354 e. The van der Waals surface area contributed by atoms with Crippen LogP contribution in [-0.4, -0.2) is 14.2 Å². The molecule has 0 atom stereocenters. The standard InChI is InChI=1S/C4H5F3O3S/c1-2-11(8,9)10-4(7)3(5)6/h2H2,1H3. The Morgan fingerprint density at radius 3 is 2.09 bits per heavy atom. The van der Waals surface area contributed by atoms with Crippen molar-refractivity contribution in [3.05, 3.63) is 12.1 Å². The summed E-state index contributed by atoms with van der Waals surface area (Å²) in [6.07, 6.45) is -2.79. The van der Waals surface area contributed by atoms with E-state index in [1.54, 1.807) is 0 Å². The molecule has 0 aliphatic heterocycles. The van der Waals surface area contributed by atoms with Crippen LogP contribution in [0.15, 0.2) is 12.1 Å². The predicted octanol–water partition coefficient (Wildman–Crippen LogP) is 1.39. The number of halogens is 3. The molecule has 0 saturated heterocycles. The summed E-state index contributed by atoms with van der Waals surface area (Å²) in [5, 5.41) is 0. The van der Waals surface area contributed by atoms with Crippen LogP contribution in [0.3, 0.4) is 0 Å². The van der Waals surface area contributed by atoms with Crippen molar-refractivity contribution >= 4 is 10.1 Å². The molecule has 11 heavy (non-hydrogen) atoms. The van der Waals surface area contributed by atoms with Gasteiger partial charge in [0.15, 0.2) is 0 Å². The fourth-order valence-electron chi connectivity index (χ4n) is 0.202. The van der Waals surface area contributed by atoms with E-state index in [0.29, 0.717) is 0 Å². The molecule has 0 unspecified atom stereocenters. The van der Waals surface area contributed by atoms with Crippen LogP contribution in [0, 0.1) is 0 Å². The summed E-state index contributed by atoms with van der Waals surface area (Å²) in [7, 11) is -4.18. The van der Waals surface area contributed by atoms with Crippen LogP contribution >= 0.6 is 0 Å². The largest absolute Gasteiger partial charge is 0.354 e. The van der Waals surface area contributed by atoms with Crippen LogP contribution in [0.2, 0.25) is 0 Å². The molecule has 0 aromatic rings. The molecule has 3 nitrogen and oxygen atoms in total. The van der Waals surface area contributed by atoms with Gasteiger partial charge in [-0.15, -0.1) is 0 Å². The van der Waals surface area contributed by atoms with Gasteiger partial charge in [0.25, 0.3) is 0 Å². The molecular formula is C4H5F3O3S. The van der Waals surface area contributed by atoms with Gasteiger partial charge in [-0.05, 0) is 6.92 Å². The van der Waals surface area contributed by atoms with Crippen molar-refractivity contribution in [3.63, 3.8) is 0 Å². The zero-order valence-corrected chi connectivity index (χ0v) is 6.29. The molecule has 7 heteroatoms. The Morgan fingerprint density at radius 1 is 1.36 bits per heavy atom. The number of hydrogen-bond acceptors (Lipinski definition) is 3. The third kappa shape index (κ3) is 3.87. The van der Waals surface area contributed by atoms with Gasteiger partial charge in [-0.3, -0.25) is 0 Å². The van der Waals surface area contributed by atoms with Gasteiger partial charge < -0.3 is 4.18 Å². The third-order valence-corrected chi connectivity index (χ3v) is 1.81. The van der Waals surface area contributed by atoms with Crippen molar-refractivity contribution in [1.29, 1.82) is 0 Å². The van der Waals surface area contributed by atoms with Crippen molar-refractivity contribution in [3.8, 4) is 0 Å². The third-order valence-electron chi connectivity index (χ3n) is 0.702. The minimum atomic E-state index is -4.18. The Kier molecular flexibility index (Phi) is 3.37. The SMILES string of the molecule is CCS(=O)(=O)OC(F)=C(F)F. The first-order valence-corrected chi connectivity index (χ1v) is 4.09. The fourth-order valence-corrected chi connectivity index (χ4v) is 0.606. The van der Waals surface area contributed by atoms with E-state index in [-0.39, 0.29) is 0 Å². The van der Waals surface area contributed by atoms with E-state index < -0.39 is 28.0 Å². The van der Waals surface area contributed by atoms with E-state index in [0.717, 1.165) is 6.92 Å². The predicted molar refractivity (Wildman–Crippen MR) is 30.9 cm³/mol.